The Kier molecular flexibility index (Phi) is 4.71. The van der Waals surface area contributed by atoms with Crippen LogP contribution in [0.5, 0.6) is 0 Å². The quantitative estimate of drug-likeness (QED) is 0.636. The highest BCUT2D eigenvalue weighted by Crippen LogP contribution is 2.20. The SMILES string of the molecule is O=Cc1ccc(S(=O)(=O)C2NCCNC2CC(=O)O)cc1. The fraction of sp³-hybridized carbons (Fsp3) is 0.385. The second-order valence-electron chi connectivity index (χ2n) is 4.77. The van der Waals surface area contributed by atoms with Gasteiger partial charge in [-0.1, -0.05) is 12.1 Å². The Balaban J connectivity index is 2.30. The number of sulfone groups is 1. The molecule has 0 radical (unpaired) electrons. The van der Waals surface area contributed by atoms with Gasteiger partial charge in [0.1, 0.15) is 11.7 Å². The van der Waals surface area contributed by atoms with Gasteiger partial charge < -0.3 is 10.4 Å². The number of nitrogens with one attached hydrogen (secondary N) is 2. The Labute approximate surface area is 122 Å². The lowest BCUT2D eigenvalue weighted by Gasteiger charge is -2.32. The third-order valence-corrected chi connectivity index (χ3v) is 5.41. The van der Waals surface area contributed by atoms with E-state index in [0.29, 0.717) is 24.9 Å². The zero-order valence-electron chi connectivity index (χ0n) is 11.2. The monoisotopic (exact) mass is 312 g/mol. The molecule has 1 aromatic carbocycles. The standard InChI is InChI=1S/C13H16N2O5S/c16-8-9-1-3-10(4-2-9)21(19,20)13-11(7-12(17)18)14-5-6-15-13/h1-4,8,11,13-15H,5-7H2,(H,17,18). The average molecular weight is 312 g/mol. The van der Waals surface area contributed by atoms with Crippen molar-refractivity contribution in [3.63, 3.8) is 0 Å². The van der Waals surface area contributed by atoms with Crippen LogP contribution in [0, 0.1) is 0 Å². The van der Waals surface area contributed by atoms with Crippen LogP contribution in [0.25, 0.3) is 0 Å². The van der Waals surface area contributed by atoms with Crippen molar-refractivity contribution in [2.75, 3.05) is 13.1 Å². The number of aldehydes is 1. The fourth-order valence-corrected chi connectivity index (χ4v) is 4.07. The molecule has 3 N–H and O–H groups in total. The Morgan fingerprint density at radius 3 is 2.43 bits per heavy atom. The molecule has 0 amide bonds. The van der Waals surface area contributed by atoms with Gasteiger partial charge in [0, 0.05) is 24.7 Å². The summed E-state index contributed by atoms with van der Waals surface area (Å²) in [6.07, 6.45) is 0.341. The minimum Gasteiger partial charge on any atom is -0.481 e. The molecule has 0 saturated carbocycles. The maximum Gasteiger partial charge on any atom is 0.305 e. The summed E-state index contributed by atoms with van der Waals surface area (Å²) < 4.78 is 25.2. The van der Waals surface area contributed by atoms with E-state index in [-0.39, 0.29) is 11.3 Å². The molecule has 1 aliphatic heterocycles. The Morgan fingerprint density at radius 2 is 1.86 bits per heavy atom. The number of aliphatic carboxylic acids is 1. The minimum absolute atomic E-state index is 0.0599. The number of hydrogen-bond acceptors (Lipinski definition) is 6. The molecule has 0 bridgehead atoms. The molecule has 21 heavy (non-hydrogen) atoms. The summed E-state index contributed by atoms with van der Waals surface area (Å²) in [5.41, 5.74) is 0.380. The normalized spacial score (nSPS) is 22.7. The van der Waals surface area contributed by atoms with Crippen LogP contribution in [0.4, 0.5) is 0 Å². The molecule has 1 aromatic rings. The number of carbonyl (C=O) groups is 2. The second-order valence-corrected chi connectivity index (χ2v) is 6.83. The summed E-state index contributed by atoms with van der Waals surface area (Å²) in [5, 5.41) is 13.7. The van der Waals surface area contributed by atoms with Gasteiger partial charge in [-0.2, -0.15) is 0 Å². The molecule has 2 rings (SSSR count). The molecule has 1 heterocycles. The lowest BCUT2D eigenvalue weighted by atomic mass is 10.1. The van der Waals surface area contributed by atoms with Crippen molar-refractivity contribution < 1.29 is 23.1 Å². The molecule has 1 saturated heterocycles. The molecular weight excluding hydrogens is 296 g/mol. The van der Waals surface area contributed by atoms with Gasteiger partial charge in [-0.05, 0) is 12.1 Å². The van der Waals surface area contributed by atoms with Crippen molar-refractivity contribution in [1.29, 1.82) is 0 Å². The van der Waals surface area contributed by atoms with E-state index in [1.807, 2.05) is 0 Å². The molecule has 2 unspecified atom stereocenters. The summed E-state index contributed by atoms with van der Waals surface area (Å²) in [4.78, 5) is 21.5. The topological polar surface area (TPSA) is 113 Å². The first-order valence-electron chi connectivity index (χ1n) is 6.43. The first-order valence-corrected chi connectivity index (χ1v) is 7.97. The zero-order chi connectivity index (χ0) is 15.5. The van der Waals surface area contributed by atoms with Crippen LogP contribution in [-0.4, -0.2) is 50.3 Å². The molecule has 0 aromatic heterocycles. The van der Waals surface area contributed by atoms with Crippen molar-refractivity contribution in [1.82, 2.24) is 10.6 Å². The maximum atomic E-state index is 12.6. The molecular formula is C13H16N2O5S. The van der Waals surface area contributed by atoms with Crippen LogP contribution in [0.3, 0.4) is 0 Å². The lowest BCUT2D eigenvalue weighted by molar-refractivity contribution is -0.137. The molecule has 1 fully saturated rings. The number of carboxylic acids is 1. The maximum absolute atomic E-state index is 12.6. The van der Waals surface area contributed by atoms with E-state index in [2.05, 4.69) is 10.6 Å². The van der Waals surface area contributed by atoms with Gasteiger partial charge in [0.2, 0.25) is 0 Å². The highest BCUT2D eigenvalue weighted by molar-refractivity contribution is 7.92. The molecule has 0 aliphatic carbocycles. The zero-order valence-corrected chi connectivity index (χ0v) is 12.0. The summed E-state index contributed by atoms with van der Waals surface area (Å²) in [6.45, 7) is 0.945. The van der Waals surface area contributed by atoms with E-state index in [1.54, 1.807) is 0 Å². The molecule has 2 atom stereocenters. The van der Waals surface area contributed by atoms with Crippen LogP contribution in [-0.2, 0) is 14.6 Å². The number of piperazine rings is 1. The van der Waals surface area contributed by atoms with Gasteiger partial charge in [0.05, 0.1) is 11.3 Å². The number of benzene rings is 1. The Hall–Kier alpha value is -1.77. The fourth-order valence-electron chi connectivity index (χ4n) is 2.30. The largest absolute Gasteiger partial charge is 0.481 e. The van der Waals surface area contributed by atoms with Crippen molar-refractivity contribution >= 4 is 22.1 Å². The van der Waals surface area contributed by atoms with Gasteiger partial charge >= 0.3 is 5.97 Å². The highest BCUT2D eigenvalue weighted by Gasteiger charge is 2.37. The third kappa shape index (κ3) is 3.46. The third-order valence-electron chi connectivity index (χ3n) is 3.32. The van der Waals surface area contributed by atoms with E-state index < -0.39 is 27.2 Å². The summed E-state index contributed by atoms with van der Waals surface area (Å²) in [5.74, 6) is -1.06. The van der Waals surface area contributed by atoms with Crippen LogP contribution in [0.15, 0.2) is 29.2 Å². The van der Waals surface area contributed by atoms with Gasteiger partial charge in [-0.15, -0.1) is 0 Å². The van der Waals surface area contributed by atoms with Gasteiger partial charge in [-0.25, -0.2) is 8.42 Å². The number of rotatable bonds is 5. The molecule has 0 spiro atoms. The predicted octanol–water partition coefficient (Wildman–Crippen LogP) is -0.365. The molecule has 8 heteroatoms. The van der Waals surface area contributed by atoms with Gasteiger partial charge in [-0.3, -0.25) is 14.9 Å². The van der Waals surface area contributed by atoms with E-state index in [9.17, 15) is 18.0 Å². The van der Waals surface area contributed by atoms with Crippen molar-refractivity contribution in [3.05, 3.63) is 29.8 Å². The lowest BCUT2D eigenvalue weighted by Crippen LogP contribution is -2.59. The molecule has 7 nitrogen and oxygen atoms in total. The summed E-state index contributed by atoms with van der Waals surface area (Å²) >= 11 is 0. The van der Waals surface area contributed by atoms with Crippen LogP contribution >= 0.6 is 0 Å². The average Bonchev–Trinajstić information content (AvgIpc) is 2.47. The smallest absolute Gasteiger partial charge is 0.305 e. The first kappa shape index (κ1) is 15.6. The second kappa shape index (κ2) is 6.33. The number of carboxylic acid groups (broad SMARTS) is 1. The Bertz CT molecular complexity index is 626. The number of carbonyl (C=O) groups excluding carboxylic acids is 1. The van der Waals surface area contributed by atoms with Crippen molar-refractivity contribution in [2.45, 2.75) is 22.7 Å². The minimum atomic E-state index is -3.73. The summed E-state index contributed by atoms with van der Waals surface area (Å²) in [6, 6.07) is 4.84. The van der Waals surface area contributed by atoms with E-state index in [0.717, 1.165) is 0 Å². The van der Waals surface area contributed by atoms with E-state index >= 15 is 0 Å². The molecule has 114 valence electrons. The summed E-state index contributed by atoms with van der Waals surface area (Å²) in [7, 11) is -3.73. The highest BCUT2D eigenvalue weighted by atomic mass is 32.2. The van der Waals surface area contributed by atoms with Crippen LogP contribution < -0.4 is 10.6 Å². The Morgan fingerprint density at radius 1 is 1.24 bits per heavy atom. The van der Waals surface area contributed by atoms with E-state index in [1.165, 1.54) is 24.3 Å². The van der Waals surface area contributed by atoms with Crippen molar-refractivity contribution in [3.8, 4) is 0 Å². The predicted molar refractivity (Wildman–Crippen MR) is 74.8 cm³/mol. The molecule has 1 aliphatic rings. The van der Waals surface area contributed by atoms with Crippen molar-refractivity contribution in [2.24, 2.45) is 0 Å². The van der Waals surface area contributed by atoms with Gasteiger partial charge in [0.25, 0.3) is 0 Å². The van der Waals surface area contributed by atoms with Crippen LogP contribution in [0.2, 0.25) is 0 Å². The van der Waals surface area contributed by atoms with Crippen LogP contribution in [0.1, 0.15) is 16.8 Å². The first-order chi connectivity index (χ1) is 9.95. The van der Waals surface area contributed by atoms with E-state index in [4.69, 9.17) is 5.11 Å². The number of hydrogen-bond donors (Lipinski definition) is 3. The van der Waals surface area contributed by atoms with Gasteiger partial charge in [0.15, 0.2) is 9.84 Å².